The lowest BCUT2D eigenvalue weighted by Gasteiger charge is -2.19. The van der Waals surface area contributed by atoms with Crippen molar-refractivity contribution in [2.24, 2.45) is 0 Å². The predicted octanol–water partition coefficient (Wildman–Crippen LogP) is 5.01. The summed E-state index contributed by atoms with van der Waals surface area (Å²) < 4.78 is 13.5. The molecule has 1 N–H and O–H groups in total. The molecule has 1 amide bonds. The van der Waals surface area contributed by atoms with Crippen molar-refractivity contribution in [3.8, 4) is 11.5 Å². The summed E-state index contributed by atoms with van der Waals surface area (Å²) in [7, 11) is 0. The number of carbonyl (C=O) groups excluding carboxylic acids is 1. The van der Waals surface area contributed by atoms with Gasteiger partial charge in [0.15, 0.2) is 0 Å². The van der Waals surface area contributed by atoms with Crippen molar-refractivity contribution in [1.82, 2.24) is 9.55 Å². The molecule has 1 fully saturated rings. The third-order valence-corrected chi connectivity index (χ3v) is 6.66. The SMILES string of the molecule is CCOc1ccc(N2C[C@@H](c3nc4ccccc4n3C[C@H](O)COc3cc(C)cc(C)c3)CC2=O)cc1. The monoisotopic (exact) mass is 499 g/mol. The Morgan fingerprint density at radius 2 is 1.73 bits per heavy atom. The molecule has 37 heavy (non-hydrogen) atoms. The Morgan fingerprint density at radius 1 is 1.00 bits per heavy atom. The van der Waals surface area contributed by atoms with Crippen LogP contribution in [0.25, 0.3) is 11.0 Å². The number of benzene rings is 3. The number of fused-ring (bicyclic) bond motifs is 1. The number of hydrogen-bond acceptors (Lipinski definition) is 5. The van der Waals surface area contributed by atoms with E-state index < -0.39 is 6.10 Å². The lowest BCUT2D eigenvalue weighted by molar-refractivity contribution is -0.117. The number of amides is 1. The minimum atomic E-state index is -0.739. The second-order valence-corrected chi connectivity index (χ2v) is 9.69. The summed E-state index contributed by atoms with van der Waals surface area (Å²) in [6, 6.07) is 21.5. The third-order valence-electron chi connectivity index (χ3n) is 6.66. The summed E-state index contributed by atoms with van der Waals surface area (Å²) in [5, 5.41) is 10.9. The zero-order valence-electron chi connectivity index (χ0n) is 21.6. The van der Waals surface area contributed by atoms with Gasteiger partial charge in [-0.3, -0.25) is 4.79 Å². The van der Waals surface area contributed by atoms with Crippen LogP contribution >= 0.6 is 0 Å². The summed E-state index contributed by atoms with van der Waals surface area (Å²) in [6.45, 7) is 7.62. The lowest BCUT2D eigenvalue weighted by Crippen LogP contribution is -2.26. The Kier molecular flexibility index (Phi) is 7.15. The van der Waals surface area contributed by atoms with E-state index in [0.717, 1.165) is 45.2 Å². The number of carbonyl (C=O) groups is 1. The van der Waals surface area contributed by atoms with E-state index in [2.05, 4.69) is 6.07 Å². The summed E-state index contributed by atoms with van der Waals surface area (Å²) >= 11 is 0. The van der Waals surface area contributed by atoms with Gasteiger partial charge in [0.05, 0.1) is 24.2 Å². The minimum absolute atomic E-state index is 0.0615. The van der Waals surface area contributed by atoms with E-state index in [1.54, 1.807) is 0 Å². The Hall–Kier alpha value is -3.84. The third kappa shape index (κ3) is 5.47. The molecule has 1 saturated heterocycles. The molecule has 2 atom stereocenters. The maximum atomic E-state index is 13.0. The molecule has 1 aliphatic rings. The van der Waals surface area contributed by atoms with Crippen LogP contribution in [0.1, 0.15) is 36.2 Å². The van der Waals surface area contributed by atoms with Gasteiger partial charge >= 0.3 is 0 Å². The van der Waals surface area contributed by atoms with E-state index in [0.29, 0.717) is 26.1 Å². The van der Waals surface area contributed by atoms with Crippen LogP contribution in [0, 0.1) is 13.8 Å². The van der Waals surface area contributed by atoms with Gasteiger partial charge in [-0.05, 0) is 80.4 Å². The van der Waals surface area contributed by atoms with Gasteiger partial charge < -0.3 is 24.0 Å². The van der Waals surface area contributed by atoms with Gasteiger partial charge in [-0.1, -0.05) is 18.2 Å². The minimum Gasteiger partial charge on any atom is -0.494 e. The largest absolute Gasteiger partial charge is 0.494 e. The van der Waals surface area contributed by atoms with E-state index in [9.17, 15) is 9.90 Å². The van der Waals surface area contributed by atoms with Crippen molar-refractivity contribution in [3.63, 3.8) is 0 Å². The molecule has 4 aromatic rings. The number of nitrogens with zero attached hydrogens (tertiary/aromatic N) is 3. The molecule has 1 aromatic heterocycles. The van der Waals surface area contributed by atoms with Gasteiger partial charge in [-0.25, -0.2) is 4.98 Å². The van der Waals surface area contributed by atoms with E-state index in [4.69, 9.17) is 14.5 Å². The van der Waals surface area contributed by atoms with Crippen molar-refractivity contribution in [3.05, 3.63) is 83.7 Å². The number of aromatic nitrogens is 2. The fourth-order valence-corrected chi connectivity index (χ4v) is 5.09. The van der Waals surface area contributed by atoms with Crippen LogP contribution in [0.5, 0.6) is 11.5 Å². The van der Waals surface area contributed by atoms with Crippen molar-refractivity contribution >= 4 is 22.6 Å². The van der Waals surface area contributed by atoms with Gasteiger partial charge in [0.2, 0.25) is 5.91 Å². The molecule has 0 spiro atoms. The number of rotatable bonds is 9. The van der Waals surface area contributed by atoms with Gasteiger partial charge in [-0.2, -0.15) is 0 Å². The highest BCUT2D eigenvalue weighted by atomic mass is 16.5. The van der Waals surface area contributed by atoms with E-state index in [1.807, 2.05) is 90.9 Å². The molecule has 1 aliphatic heterocycles. The topological polar surface area (TPSA) is 76.8 Å². The summed E-state index contributed by atoms with van der Waals surface area (Å²) in [4.78, 5) is 19.7. The van der Waals surface area contributed by atoms with Gasteiger partial charge in [-0.15, -0.1) is 0 Å². The molecule has 0 radical (unpaired) electrons. The fourth-order valence-electron chi connectivity index (χ4n) is 5.09. The van der Waals surface area contributed by atoms with E-state index in [-0.39, 0.29) is 18.4 Å². The second kappa shape index (κ2) is 10.6. The van der Waals surface area contributed by atoms with Crippen LogP contribution in [0.4, 0.5) is 5.69 Å². The van der Waals surface area contributed by atoms with Crippen LogP contribution < -0.4 is 14.4 Å². The average molecular weight is 500 g/mol. The Balaban J connectivity index is 1.35. The van der Waals surface area contributed by atoms with Crippen LogP contribution in [-0.2, 0) is 11.3 Å². The highest BCUT2D eigenvalue weighted by Gasteiger charge is 2.35. The summed E-state index contributed by atoms with van der Waals surface area (Å²) in [5.74, 6) is 2.33. The molecule has 0 saturated carbocycles. The number of para-hydroxylation sites is 2. The van der Waals surface area contributed by atoms with Gasteiger partial charge in [0, 0.05) is 24.6 Å². The molecular weight excluding hydrogens is 466 g/mol. The number of ether oxygens (including phenoxy) is 2. The molecule has 7 nitrogen and oxygen atoms in total. The maximum absolute atomic E-state index is 13.0. The number of hydrogen-bond donors (Lipinski definition) is 1. The van der Waals surface area contributed by atoms with Gasteiger partial charge in [0.25, 0.3) is 0 Å². The number of aliphatic hydroxyl groups is 1. The highest BCUT2D eigenvalue weighted by molar-refractivity contribution is 5.96. The average Bonchev–Trinajstić information content (AvgIpc) is 3.43. The maximum Gasteiger partial charge on any atom is 0.227 e. The second-order valence-electron chi connectivity index (χ2n) is 9.69. The predicted molar refractivity (Wildman–Crippen MR) is 144 cm³/mol. The zero-order chi connectivity index (χ0) is 25.9. The standard InChI is InChI=1S/C30H33N3O4/c1-4-36-25-11-9-23(10-12-25)32-17-22(16-29(32)35)30-31-27-7-5-6-8-28(27)33(30)18-24(34)19-37-26-14-20(2)13-21(3)15-26/h5-15,22,24,34H,4,16-19H2,1-3H3/t22-,24-/m0/s1. The quantitative estimate of drug-likeness (QED) is 0.350. The number of imidazole rings is 1. The Morgan fingerprint density at radius 3 is 2.46 bits per heavy atom. The molecule has 0 bridgehead atoms. The first kappa shape index (κ1) is 24.8. The molecule has 3 aromatic carbocycles. The Bertz CT molecular complexity index is 1380. The van der Waals surface area contributed by atoms with E-state index in [1.165, 1.54) is 0 Å². The van der Waals surface area contributed by atoms with Crippen LogP contribution in [-0.4, -0.2) is 46.4 Å². The van der Waals surface area contributed by atoms with Crippen LogP contribution in [0.15, 0.2) is 66.7 Å². The van der Waals surface area contributed by atoms with Gasteiger partial charge in [0.1, 0.15) is 30.0 Å². The molecular formula is C30H33N3O4. The molecule has 5 rings (SSSR count). The van der Waals surface area contributed by atoms with Crippen molar-refractivity contribution in [1.29, 1.82) is 0 Å². The molecule has 7 heteroatoms. The lowest BCUT2D eigenvalue weighted by atomic mass is 10.1. The fraction of sp³-hybridized carbons (Fsp3) is 0.333. The van der Waals surface area contributed by atoms with Crippen LogP contribution in [0.2, 0.25) is 0 Å². The number of anilines is 1. The molecule has 2 heterocycles. The summed E-state index contributed by atoms with van der Waals surface area (Å²) in [6.07, 6.45) is -0.373. The zero-order valence-corrected chi connectivity index (χ0v) is 21.6. The Labute approximate surface area is 217 Å². The molecule has 0 aliphatic carbocycles. The molecule has 0 unspecified atom stereocenters. The number of aryl methyl sites for hydroxylation is 2. The van der Waals surface area contributed by atoms with Crippen molar-refractivity contribution in [2.45, 2.75) is 45.8 Å². The first-order valence-electron chi connectivity index (χ1n) is 12.8. The van der Waals surface area contributed by atoms with Crippen molar-refractivity contribution in [2.75, 3.05) is 24.7 Å². The summed E-state index contributed by atoms with van der Waals surface area (Å²) in [5.41, 5.74) is 4.88. The number of aliphatic hydroxyl groups excluding tert-OH is 1. The smallest absolute Gasteiger partial charge is 0.227 e. The molecule has 192 valence electrons. The highest BCUT2D eigenvalue weighted by Crippen LogP contribution is 2.34. The first-order chi connectivity index (χ1) is 17.9. The van der Waals surface area contributed by atoms with E-state index >= 15 is 0 Å². The van der Waals surface area contributed by atoms with Crippen LogP contribution in [0.3, 0.4) is 0 Å². The van der Waals surface area contributed by atoms with Crippen molar-refractivity contribution < 1.29 is 19.4 Å². The normalized spacial score (nSPS) is 16.4. The first-order valence-corrected chi connectivity index (χ1v) is 12.8.